The summed E-state index contributed by atoms with van der Waals surface area (Å²) in [6, 6.07) is 7.80. The molecule has 9 nitrogen and oxygen atoms in total. The van der Waals surface area contributed by atoms with E-state index in [1.807, 2.05) is 5.32 Å². The Bertz CT molecular complexity index is 1930. The third-order valence-corrected chi connectivity index (χ3v) is 7.87. The van der Waals surface area contributed by atoms with Gasteiger partial charge < -0.3 is 19.9 Å². The van der Waals surface area contributed by atoms with E-state index in [1.165, 1.54) is 18.5 Å². The summed E-state index contributed by atoms with van der Waals surface area (Å²) in [6.07, 6.45) is -5.29. The van der Waals surface area contributed by atoms with Crippen LogP contribution in [0.25, 0.3) is 21.9 Å². The molecule has 1 aromatic heterocycles. The van der Waals surface area contributed by atoms with Gasteiger partial charge in [0.15, 0.2) is 0 Å². The van der Waals surface area contributed by atoms with Crippen LogP contribution in [0.4, 0.5) is 27.6 Å². The first-order valence-corrected chi connectivity index (χ1v) is 14.1. The highest BCUT2D eigenvalue weighted by atomic mass is 19.4. The summed E-state index contributed by atoms with van der Waals surface area (Å²) in [5.74, 6) is -5.14. The Hall–Kier alpha value is -5.01. The highest BCUT2D eigenvalue weighted by Gasteiger charge is 2.38. The molecule has 1 heterocycles. The maximum atomic E-state index is 14.9. The molecule has 0 aliphatic heterocycles. The van der Waals surface area contributed by atoms with Crippen LogP contribution >= 0.6 is 0 Å². The molecule has 2 N–H and O–H groups in total. The fourth-order valence-corrected chi connectivity index (χ4v) is 5.29. The molecule has 0 saturated carbocycles. The number of halogens is 5. The molecule has 0 aliphatic carbocycles. The lowest BCUT2D eigenvalue weighted by Gasteiger charge is -2.22. The number of alkyl halides is 3. The number of aromatic nitrogens is 2. The lowest BCUT2D eigenvalue weighted by Crippen LogP contribution is -2.43. The average Bonchev–Trinajstić information content (AvgIpc) is 3.00. The van der Waals surface area contributed by atoms with Crippen molar-refractivity contribution in [2.45, 2.75) is 44.9 Å². The highest BCUT2D eigenvalue weighted by molar-refractivity contribution is 6.00. The van der Waals surface area contributed by atoms with E-state index in [1.54, 1.807) is 50.4 Å². The Balaban J connectivity index is 1.70. The molecule has 4 aromatic rings. The summed E-state index contributed by atoms with van der Waals surface area (Å²) < 4.78 is 76.5. The first kappa shape index (κ1) is 33.9. The van der Waals surface area contributed by atoms with E-state index in [0.29, 0.717) is 39.7 Å². The van der Waals surface area contributed by atoms with Gasteiger partial charge in [0.25, 0.3) is 11.5 Å². The number of anilines is 1. The Morgan fingerprint density at radius 3 is 2.13 bits per heavy atom. The van der Waals surface area contributed by atoms with Crippen LogP contribution in [0.2, 0.25) is 0 Å². The largest absolute Gasteiger partial charge is 0.467 e. The van der Waals surface area contributed by atoms with Gasteiger partial charge in [-0.25, -0.2) is 18.4 Å². The van der Waals surface area contributed by atoms with Crippen molar-refractivity contribution in [2.24, 2.45) is 14.1 Å². The zero-order valence-corrected chi connectivity index (χ0v) is 25.5. The van der Waals surface area contributed by atoms with Gasteiger partial charge in [0.05, 0.1) is 12.7 Å². The van der Waals surface area contributed by atoms with Crippen LogP contribution in [-0.2, 0) is 30.0 Å². The zero-order chi connectivity index (χ0) is 34.1. The molecule has 4 rings (SSSR count). The molecule has 1 amide bonds. The fraction of sp³-hybridized carbons (Fsp3) is 0.312. The van der Waals surface area contributed by atoms with Gasteiger partial charge in [-0.1, -0.05) is 43.3 Å². The Labute approximate surface area is 259 Å². The standard InChI is InChI=1S/C32H31F5N4O5/c1-6-25(32(35,36)37)38-18-14-22(33)27(23(34)15-18)28(42)39-24(30(44)46-5)13-17-11-12-21(20-10-8-7-9-19(17)20)26-16(2)40(3)31(45)41(4)29(26)43/h7-12,14-15,24-25,38H,6,13H2,1-5H3,(H,39,42)/t24-,25+/m0/s1. The summed E-state index contributed by atoms with van der Waals surface area (Å²) >= 11 is 0. The number of carbonyl (C=O) groups is 2. The number of hydrogen-bond acceptors (Lipinski definition) is 6. The molecule has 0 spiro atoms. The predicted octanol–water partition coefficient (Wildman–Crippen LogP) is 4.76. The quantitative estimate of drug-likeness (QED) is 0.201. The second-order valence-electron chi connectivity index (χ2n) is 10.7. The lowest BCUT2D eigenvalue weighted by molar-refractivity contribution is -0.143. The Kier molecular flexibility index (Phi) is 9.68. The van der Waals surface area contributed by atoms with Crippen LogP contribution < -0.4 is 21.9 Å². The highest BCUT2D eigenvalue weighted by Crippen LogP contribution is 2.32. The molecule has 3 aromatic carbocycles. The normalized spacial score (nSPS) is 12.9. The van der Waals surface area contributed by atoms with Gasteiger partial charge in [-0.3, -0.25) is 14.2 Å². The van der Waals surface area contributed by atoms with Crippen molar-refractivity contribution in [2.75, 3.05) is 12.4 Å². The van der Waals surface area contributed by atoms with Gasteiger partial charge in [-0.15, -0.1) is 0 Å². The minimum Gasteiger partial charge on any atom is -0.467 e. The molecule has 0 saturated heterocycles. The topological polar surface area (TPSA) is 111 Å². The van der Waals surface area contributed by atoms with E-state index < -0.39 is 70.7 Å². The maximum absolute atomic E-state index is 14.9. The van der Waals surface area contributed by atoms with E-state index >= 15 is 0 Å². The zero-order valence-electron chi connectivity index (χ0n) is 25.5. The molecule has 244 valence electrons. The van der Waals surface area contributed by atoms with Gasteiger partial charge in [0.1, 0.15) is 29.3 Å². The van der Waals surface area contributed by atoms with Crippen molar-refractivity contribution >= 4 is 28.3 Å². The van der Waals surface area contributed by atoms with Crippen LogP contribution in [0.1, 0.15) is 35.0 Å². The smallest absolute Gasteiger partial charge is 0.408 e. The molecule has 0 unspecified atom stereocenters. The van der Waals surface area contributed by atoms with Crippen molar-refractivity contribution < 1.29 is 36.3 Å². The molecule has 14 heteroatoms. The number of fused-ring (bicyclic) bond motifs is 1. The first-order chi connectivity index (χ1) is 21.6. The third-order valence-electron chi connectivity index (χ3n) is 7.87. The summed E-state index contributed by atoms with van der Waals surface area (Å²) in [7, 11) is 3.97. The number of hydrogen-bond donors (Lipinski definition) is 2. The number of nitrogens with one attached hydrogen (secondary N) is 2. The van der Waals surface area contributed by atoms with Crippen molar-refractivity contribution in [3.8, 4) is 11.1 Å². The summed E-state index contributed by atoms with van der Waals surface area (Å²) in [5, 5.41) is 5.47. The Morgan fingerprint density at radius 2 is 1.57 bits per heavy atom. The molecule has 0 bridgehead atoms. The molecular weight excluding hydrogens is 615 g/mol. The lowest BCUT2D eigenvalue weighted by atomic mass is 9.92. The van der Waals surface area contributed by atoms with E-state index in [4.69, 9.17) is 4.74 Å². The number of esters is 1. The number of nitrogens with zero attached hydrogens (tertiary/aromatic N) is 2. The van der Waals surface area contributed by atoms with Gasteiger partial charge in [0.2, 0.25) is 0 Å². The van der Waals surface area contributed by atoms with Gasteiger partial charge in [0, 0.05) is 31.9 Å². The fourth-order valence-electron chi connectivity index (χ4n) is 5.29. The monoisotopic (exact) mass is 646 g/mol. The van der Waals surface area contributed by atoms with E-state index in [9.17, 15) is 41.1 Å². The van der Waals surface area contributed by atoms with Crippen LogP contribution in [0.5, 0.6) is 0 Å². The second kappa shape index (κ2) is 13.2. The van der Waals surface area contributed by atoms with E-state index in [2.05, 4.69) is 5.32 Å². The number of carbonyl (C=O) groups excluding carboxylic acids is 2. The maximum Gasteiger partial charge on any atom is 0.408 e. The van der Waals surface area contributed by atoms with Crippen LogP contribution in [0, 0.1) is 18.6 Å². The molecule has 0 fully saturated rings. The molecule has 0 aliphatic rings. The Morgan fingerprint density at radius 1 is 0.957 bits per heavy atom. The number of amides is 1. The van der Waals surface area contributed by atoms with Crippen molar-refractivity contribution in [1.82, 2.24) is 14.5 Å². The van der Waals surface area contributed by atoms with Crippen LogP contribution in [-0.4, -0.2) is 46.4 Å². The van der Waals surface area contributed by atoms with Crippen molar-refractivity contribution in [1.29, 1.82) is 0 Å². The number of ether oxygens (including phenoxy) is 1. The molecule has 2 atom stereocenters. The number of rotatable bonds is 9. The number of methoxy groups -OCH3 is 1. The summed E-state index contributed by atoms with van der Waals surface area (Å²) in [4.78, 5) is 51.4. The molecule has 0 radical (unpaired) electrons. The molecular formula is C32H31F5N4O5. The summed E-state index contributed by atoms with van der Waals surface area (Å²) in [5.41, 5.74) is -0.876. The van der Waals surface area contributed by atoms with Crippen molar-refractivity contribution in [3.63, 3.8) is 0 Å². The van der Waals surface area contributed by atoms with Gasteiger partial charge in [-0.05, 0) is 47.4 Å². The predicted molar refractivity (Wildman–Crippen MR) is 162 cm³/mol. The SMILES string of the molecule is CC[C@@H](Nc1cc(F)c(C(=O)N[C@@H](Cc2ccc(-c3c(C)n(C)c(=O)n(C)c3=O)c3ccccc23)C(=O)OC)c(F)c1)C(F)(F)F. The third kappa shape index (κ3) is 6.51. The van der Waals surface area contributed by atoms with Crippen LogP contribution in [0.3, 0.4) is 0 Å². The second-order valence-corrected chi connectivity index (χ2v) is 10.7. The van der Waals surface area contributed by atoms with E-state index in [0.717, 1.165) is 11.7 Å². The average molecular weight is 647 g/mol. The first-order valence-electron chi connectivity index (χ1n) is 14.1. The van der Waals surface area contributed by atoms with Crippen molar-refractivity contribution in [3.05, 3.63) is 97.8 Å². The minimum atomic E-state index is -4.68. The summed E-state index contributed by atoms with van der Waals surface area (Å²) in [6.45, 7) is 2.89. The van der Waals surface area contributed by atoms with Crippen LogP contribution in [0.15, 0.2) is 58.1 Å². The van der Waals surface area contributed by atoms with E-state index in [-0.39, 0.29) is 12.0 Å². The molecule has 46 heavy (non-hydrogen) atoms. The van der Waals surface area contributed by atoms with Gasteiger partial charge in [-0.2, -0.15) is 13.2 Å². The number of benzene rings is 3. The van der Waals surface area contributed by atoms with Gasteiger partial charge >= 0.3 is 17.8 Å². The minimum absolute atomic E-state index is 0.198.